The van der Waals surface area contributed by atoms with Crippen molar-refractivity contribution >= 4 is 23.5 Å². The molecule has 0 saturated carbocycles. The first kappa shape index (κ1) is 22.1. The number of nitrogens with zero attached hydrogens (tertiary/aromatic N) is 2. The van der Waals surface area contributed by atoms with E-state index < -0.39 is 12.0 Å². The van der Waals surface area contributed by atoms with Crippen LogP contribution in [0.3, 0.4) is 0 Å². The van der Waals surface area contributed by atoms with Crippen LogP contribution in [-0.2, 0) is 20.7 Å². The fourth-order valence-corrected chi connectivity index (χ4v) is 4.65. The zero-order chi connectivity index (χ0) is 22.7. The first-order chi connectivity index (χ1) is 15.5. The molecule has 2 heterocycles. The van der Waals surface area contributed by atoms with Gasteiger partial charge in [0, 0.05) is 0 Å². The minimum Gasteiger partial charge on any atom is -0.465 e. The highest BCUT2D eigenvalue weighted by molar-refractivity contribution is 6.22. The van der Waals surface area contributed by atoms with Crippen molar-refractivity contribution in [3.05, 3.63) is 65.5 Å². The van der Waals surface area contributed by atoms with Crippen molar-refractivity contribution in [2.45, 2.75) is 38.1 Å². The number of amides is 2. The number of imide groups is 1. The molecule has 0 aromatic heterocycles. The van der Waals surface area contributed by atoms with Crippen LogP contribution >= 0.6 is 0 Å². The van der Waals surface area contributed by atoms with Gasteiger partial charge < -0.3 is 4.74 Å². The third-order valence-corrected chi connectivity index (χ3v) is 6.49. The first-order valence-corrected chi connectivity index (χ1v) is 11.0. The molecule has 32 heavy (non-hydrogen) atoms. The van der Waals surface area contributed by atoms with Gasteiger partial charge in [0.15, 0.2) is 0 Å². The molecule has 2 fully saturated rings. The van der Waals surface area contributed by atoms with Gasteiger partial charge in [0.05, 0.1) is 30.8 Å². The van der Waals surface area contributed by atoms with Gasteiger partial charge in [0.2, 0.25) is 5.91 Å². The molecule has 2 amide bonds. The second-order valence-electron chi connectivity index (χ2n) is 8.47. The standard InChI is InChI=1S/C25H27FN2O4/c1-32-25(31)19-7-9-21(10-8-19)28-23(29)16-22(24(28)30)27-13-11-17(12-14-27)5-6-18-3-2-4-20(26)15-18/h2-4,7-10,15,17,22H,5-6,11-14,16H2,1H3. The number of halogens is 1. The van der Waals surface area contributed by atoms with Crippen LogP contribution in [0.5, 0.6) is 0 Å². The molecule has 0 N–H and O–H groups in total. The van der Waals surface area contributed by atoms with Gasteiger partial charge in [-0.1, -0.05) is 12.1 Å². The number of piperidine rings is 1. The summed E-state index contributed by atoms with van der Waals surface area (Å²) in [7, 11) is 1.30. The molecule has 168 valence electrons. The molecular formula is C25H27FN2O4. The Morgan fingerprint density at radius 2 is 1.81 bits per heavy atom. The van der Waals surface area contributed by atoms with Crippen LogP contribution in [0.25, 0.3) is 0 Å². The lowest BCUT2D eigenvalue weighted by atomic mass is 9.90. The van der Waals surface area contributed by atoms with E-state index in [2.05, 4.69) is 9.64 Å². The van der Waals surface area contributed by atoms with Crippen LogP contribution in [0.15, 0.2) is 48.5 Å². The Labute approximate surface area is 187 Å². The molecule has 0 radical (unpaired) electrons. The molecule has 0 bridgehead atoms. The Bertz CT molecular complexity index is 999. The largest absolute Gasteiger partial charge is 0.465 e. The van der Waals surface area contributed by atoms with E-state index >= 15 is 0 Å². The number of hydrogen-bond donors (Lipinski definition) is 0. The van der Waals surface area contributed by atoms with E-state index in [0.717, 1.165) is 44.3 Å². The van der Waals surface area contributed by atoms with Gasteiger partial charge in [-0.3, -0.25) is 14.5 Å². The number of anilines is 1. The number of aryl methyl sites for hydroxylation is 1. The van der Waals surface area contributed by atoms with E-state index in [1.165, 1.54) is 18.1 Å². The average Bonchev–Trinajstić information content (AvgIpc) is 3.11. The summed E-state index contributed by atoms with van der Waals surface area (Å²) in [6, 6.07) is 12.6. The highest BCUT2D eigenvalue weighted by Gasteiger charge is 2.43. The van der Waals surface area contributed by atoms with Crippen LogP contribution in [0.1, 0.15) is 41.6 Å². The maximum atomic E-state index is 13.4. The Morgan fingerprint density at radius 1 is 1.09 bits per heavy atom. The van der Waals surface area contributed by atoms with E-state index in [9.17, 15) is 18.8 Å². The van der Waals surface area contributed by atoms with Crippen LogP contribution < -0.4 is 4.90 Å². The van der Waals surface area contributed by atoms with Crippen molar-refractivity contribution in [1.29, 1.82) is 0 Å². The molecule has 2 aromatic carbocycles. The summed E-state index contributed by atoms with van der Waals surface area (Å²) in [5, 5.41) is 0. The van der Waals surface area contributed by atoms with Gasteiger partial charge in [0.25, 0.3) is 5.91 Å². The van der Waals surface area contributed by atoms with E-state index in [4.69, 9.17) is 0 Å². The molecule has 0 aliphatic carbocycles. The molecule has 0 spiro atoms. The quantitative estimate of drug-likeness (QED) is 0.509. The second kappa shape index (κ2) is 9.61. The number of hydrogen-bond acceptors (Lipinski definition) is 5. The minimum atomic E-state index is -0.464. The van der Waals surface area contributed by atoms with Gasteiger partial charge in [0.1, 0.15) is 5.82 Å². The molecule has 2 aliphatic rings. The second-order valence-corrected chi connectivity index (χ2v) is 8.47. The van der Waals surface area contributed by atoms with Gasteiger partial charge in [-0.2, -0.15) is 0 Å². The van der Waals surface area contributed by atoms with Crippen molar-refractivity contribution in [3.63, 3.8) is 0 Å². The van der Waals surface area contributed by atoms with Crippen molar-refractivity contribution in [1.82, 2.24) is 4.90 Å². The predicted molar refractivity (Wildman–Crippen MR) is 118 cm³/mol. The topological polar surface area (TPSA) is 66.9 Å². The highest BCUT2D eigenvalue weighted by Crippen LogP contribution is 2.30. The highest BCUT2D eigenvalue weighted by atomic mass is 19.1. The van der Waals surface area contributed by atoms with Crippen molar-refractivity contribution in [2.75, 3.05) is 25.1 Å². The molecule has 6 nitrogen and oxygen atoms in total. The maximum Gasteiger partial charge on any atom is 0.337 e. The van der Waals surface area contributed by atoms with Crippen LogP contribution in [-0.4, -0.2) is 48.9 Å². The summed E-state index contributed by atoms with van der Waals surface area (Å²) in [5.74, 6) is -0.568. The third kappa shape index (κ3) is 4.72. The van der Waals surface area contributed by atoms with Crippen molar-refractivity contribution in [2.24, 2.45) is 5.92 Å². The lowest BCUT2D eigenvalue weighted by Gasteiger charge is -2.34. The zero-order valence-corrected chi connectivity index (χ0v) is 18.1. The number of esters is 1. The van der Waals surface area contributed by atoms with Crippen molar-refractivity contribution in [3.8, 4) is 0 Å². The summed E-state index contributed by atoms with van der Waals surface area (Å²) < 4.78 is 18.0. The summed E-state index contributed by atoms with van der Waals surface area (Å²) >= 11 is 0. The lowest BCUT2D eigenvalue weighted by molar-refractivity contribution is -0.123. The fourth-order valence-electron chi connectivity index (χ4n) is 4.65. The molecular weight excluding hydrogens is 411 g/mol. The fraction of sp³-hybridized carbons (Fsp3) is 0.400. The summed E-state index contributed by atoms with van der Waals surface area (Å²) in [4.78, 5) is 40.6. The van der Waals surface area contributed by atoms with Gasteiger partial charge in [-0.15, -0.1) is 0 Å². The van der Waals surface area contributed by atoms with Gasteiger partial charge >= 0.3 is 5.97 Å². The lowest BCUT2D eigenvalue weighted by Crippen LogP contribution is -2.46. The Morgan fingerprint density at radius 3 is 2.47 bits per heavy atom. The Balaban J connectivity index is 1.33. The number of benzene rings is 2. The molecule has 1 unspecified atom stereocenters. The molecule has 2 saturated heterocycles. The van der Waals surface area contributed by atoms with E-state index in [1.807, 2.05) is 6.07 Å². The summed E-state index contributed by atoms with van der Waals surface area (Å²) in [6.45, 7) is 1.54. The number of carbonyl (C=O) groups excluding carboxylic acids is 3. The Hall–Kier alpha value is -3.06. The number of rotatable bonds is 6. The average molecular weight is 438 g/mol. The van der Waals surface area contributed by atoms with E-state index in [-0.39, 0.29) is 24.1 Å². The van der Waals surface area contributed by atoms with E-state index in [1.54, 1.807) is 36.4 Å². The van der Waals surface area contributed by atoms with Gasteiger partial charge in [-0.05, 0) is 86.7 Å². The number of ether oxygens (including phenoxy) is 1. The minimum absolute atomic E-state index is 0.172. The molecule has 1 atom stereocenters. The molecule has 7 heteroatoms. The Kier molecular flexibility index (Phi) is 6.65. The smallest absolute Gasteiger partial charge is 0.337 e. The first-order valence-electron chi connectivity index (χ1n) is 11.0. The number of likely N-dealkylation sites (tertiary alicyclic amines) is 1. The number of methoxy groups -OCH3 is 1. The third-order valence-electron chi connectivity index (χ3n) is 6.49. The zero-order valence-electron chi connectivity index (χ0n) is 18.1. The normalized spacial score (nSPS) is 20.1. The molecule has 4 rings (SSSR count). The van der Waals surface area contributed by atoms with Crippen LogP contribution in [0.4, 0.5) is 10.1 Å². The van der Waals surface area contributed by atoms with Crippen LogP contribution in [0.2, 0.25) is 0 Å². The molecule has 2 aromatic rings. The molecule has 2 aliphatic heterocycles. The monoisotopic (exact) mass is 438 g/mol. The summed E-state index contributed by atoms with van der Waals surface area (Å²) in [5.41, 5.74) is 1.85. The summed E-state index contributed by atoms with van der Waals surface area (Å²) in [6.07, 6.45) is 3.93. The number of carbonyl (C=O) groups is 3. The van der Waals surface area contributed by atoms with Crippen LogP contribution in [0, 0.1) is 11.7 Å². The van der Waals surface area contributed by atoms with Crippen molar-refractivity contribution < 1.29 is 23.5 Å². The SMILES string of the molecule is COC(=O)c1ccc(N2C(=O)CC(N3CCC(CCc4cccc(F)c4)CC3)C2=O)cc1. The van der Waals surface area contributed by atoms with E-state index in [0.29, 0.717) is 17.2 Å². The van der Waals surface area contributed by atoms with Gasteiger partial charge in [-0.25, -0.2) is 14.1 Å². The maximum absolute atomic E-state index is 13.4. The predicted octanol–water partition coefficient (Wildman–Crippen LogP) is 3.59.